The fraction of sp³-hybridized carbons (Fsp3) is 0.333. The molecule has 126 valence electrons. The van der Waals surface area contributed by atoms with Gasteiger partial charge in [0, 0.05) is 5.39 Å². The molecule has 0 radical (unpaired) electrons. The topological polar surface area (TPSA) is 59.2 Å². The fourth-order valence-electron chi connectivity index (χ4n) is 3.36. The van der Waals surface area contributed by atoms with Crippen LogP contribution < -0.4 is 0 Å². The second-order valence-corrected chi connectivity index (χ2v) is 7.40. The summed E-state index contributed by atoms with van der Waals surface area (Å²) < 4.78 is 1.88. The van der Waals surface area contributed by atoms with Gasteiger partial charge in [0.15, 0.2) is 10.8 Å². The van der Waals surface area contributed by atoms with Crippen molar-refractivity contribution in [1.29, 1.82) is 0 Å². The molecule has 0 amide bonds. The lowest BCUT2D eigenvalue weighted by molar-refractivity contribution is 0.214. The van der Waals surface area contributed by atoms with Crippen molar-refractivity contribution in [2.45, 2.75) is 25.8 Å². The molecular formula is C18H18N6S. The van der Waals surface area contributed by atoms with Crippen LogP contribution in [0.15, 0.2) is 36.4 Å². The van der Waals surface area contributed by atoms with Crippen LogP contribution in [0, 0.1) is 0 Å². The third-order valence-corrected chi connectivity index (χ3v) is 5.61. The van der Waals surface area contributed by atoms with E-state index in [1.807, 2.05) is 28.8 Å². The first-order valence-electron chi connectivity index (χ1n) is 8.66. The van der Waals surface area contributed by atoms with Gasteiger partial charge < -0.3 is 0 Å². The predicted octanol–water partition coefficient (Wildman–Crippen LogP) is 3.39. The highest BCUT2D eigenvalue weighted by atomic mass is 32.1. The molecule has 0 saturated carbocycles. The SMILES string of the molecule is c1ccc2nc(-c3nn4c(CN5CCCCC5)nnc4s3)ccc2c1. The summed E-state index contributed by atoms with van der Waals surface area (Å²) in [5.74, 6) is 0.917. The van der Waals surface area contributed by atoms with Gasteiger partial charge in [-0.2, -0.15) is 9.61 Å². The second-order valence-electron chi connectivity index (χ2n) is 6.44. The minimum Gasteiger partial charge on any atom is -0.296 e. The third kappa shape index (κ3) is 2.79. The smallest absolute Gasteiger partial charge is 0.235 e. The lowest BCUT2D eigenvalue weighted by Gasteiger charge is -2.25. The molecule has 4 aromatic rings. The Hall–Kier alpha value is -2.38. The molecule has 1 aliphatic heterocycles. The van der Waals surface area contributed by atoms with E-state index >= 15 is 0 Å². The minimum atomic E-state index is 0.815. The molecular weight excluding hydrogens is 332 g/mol. The summed E-state index contributed by atoms with van der Waals surface area (Å²) in [7, 11) is 0. The summed E-state index contributed by atoms with van der Waals surface area (Å²) in [6.07, 6.45) is 3.87. The summed E-state index contributed by atoms with van der Waals surface area (Å²) in [5, 5.41) is 15.4. The Bertz CT molecular complexity index is 1030. The Balaban J connectivity index is 1.49. The van der Waals surface area contributed by atoms with Crippen molar-refractivity contribution in [2.75, 3.05) is 13.1 Å². The zero-order chi connectivity index (χ0) is 16.6. The number of hydrogen-bond donors (Lipinski definition) is 0. The number of fused-ring (bicyclic) bond motifs is 2. The Labute approximate surface area is 149 Å². The third-order valence-electron chi connectivity index (χ3n) is 4.69. The molecule has 0 unspecified atom stereocenters. The molecule has 1 aromatic carbocycles. The predicted molar refractivity (Wildman–Crippen MR) is 98.5 cm³/mol. The summed E-state index contributed by atoms with van der Waals surface area (Å²) >= 11 is 1.54. The van der Waals surface area contributed by atoms with Gasteiger partial charge in [0.05, 0.1) is 12.1 Å². The normalized spacial score (nSPS) is 16.0. The highest BCUT2D eigenvalue weighted by Gasteiger charge is 2.17. The van der Waals surface area contributed by atoms with E-state index in [9.17, 15) is 0 Å². The zero-order valence-electron chi connectivity index (χ0n) is 13.8. The van der Waals surface area contributed by atoms with Gasteiger partial charge in [-0.1, -0.05) is 42.0 Å². The summed E-state index contributed by atoms with van der Waals surface area (Å²) in [6.45, 7) is 3.09. The van der Waals surface area contributed by atoms with Crippen LogP contribution in [0.5, 0.6) is 0 Å². The molecule has 3 aromatic heterocycles. The lowest BCUT2D eigenvalue weighted by atomic mass is 10.1. The Kier molecular flexibility index (Phi) is 3.68. The Morgan fingerprint density at radius 3 is 2.76 bits per heavy atom. The van der Waals surface area contributed by atoms with E-state index in [2.05, 4.69) is 27.2 Å². The first-order chi connectivity index (χ1) is 12.4. The van der Waals surface area contributed by atoms with Crippen molar-refractivity contribution in [3.63, 3.8) is 0 Å². The van der Waals surface area contributed by atoms with E-state index in [1.165, 1.54) is 30.6 Å². The lowest BCUT2D eigenvalue weighted by Crippen LogP contribution is -2.30. The van der Waals surface area contributed by atoms with Crippen molar-refractivity contribution in [3.8, 4) is 10.7 Å². The van der Waals surface area contributed by atoms with Crippen molar-refractivity contribution >= 4 is 27.2 Å². The molecule has 1 saturated heterocycles. The van der Waals surface area contributed by atoms with Gasteiger partial charge in [0.2, 0.25) is 4.96 Å². The highest BCUT2D eigenvalue weighted by molar-refractivity contribution is 7.19. The summed E-state index contributed by atoms with van der Waals surface area (Å²) in [4.78, 5) is 8.01. The maximum atomic E-state index is 4.74. The van der Waals surface area contributed by atoms with Crippen LogP contribution in [0.2, 0.25) is 0 Å². The highest BCUT2D eigenvalue weighted by Crippen LogP contribution is 2.26. The van der Waals surface area contributed by atoms with Gasteiger partial charge in [0.1, 0.15) is 5.69 Å². The first kappa shape index (κ1) is 14.9. The van der Waals surface area contributed by atoms with Gasteiger partial charge in [-0.05, 0) is 38.1 Å². The molecule has 4 heterocycles. The molecule has 6 nitrogen and oxygen atoms in total. The van der Waals surface area contributed by atoms with Crippen molar-refractivity contribution in [3.05, 3.63) is 42.2 Å². The first-order valence-corrected chi connectivity index (χ1v) is 9.48. The van der Waals surface area contributed by atoms with Crippen LogP contribution in [0.3, 0.4) is 0 Å². The van der Waals surface area contributed by atoms with E-state index in [4.69, 9.17) is 10.1 Å². The van der Waals surface area contributed by atoms with Crippen LogP contribution >= 0.6 is 11.3 Å². The van der Waals surface area contributed by atoms with Crippen molar-refractivity contribution in [1.82, 2.24) is 29.7 Å². The van der Waals surface area contributed by atoms with E-state index < -0.39 is 0 Å². The number of nitrogens with zero attached hydrogens (tertiary/aromatic N) is 6. The number of pyridine rings is 1. The van der Waals surface area contributed by atoms with Crippen LogP contribution in [-0.2, 0) is 6.54 Å². The van der Waals surface area contributed by atoms with Crippen molar-refractivity contribution in [2.24, 2.45) is 0 Å². The molecule has 0 bridgehead atoms. The molecule has 0 atom stereocenters. The average molecular weight is 350 g/mol. The zero-order valence-corrected chi connectivity index (χ0v) is 14.6. The quantitative estimate of drug-likeness (QED) is 0.567. The average Bonchev–Trinajstić information content (AvgIpc) is 3.24. The summed E-state index contributed by atoms with van der Waals surface area (Å²) in [6, 6.07) is 12.3. The number of aromatic nitrogens is 5. The molecule has 25 heavy (non-hydrogen) atoms. The molecule has 0 N–H and O–H groups in total. The molecule has 1 aliphatic rings. The largest absolute Gasteiger partial charge is 0.296 e. The minimum absolute atomic E-state index is 0.815. The van der Waals surface area contributed by atoms with Crippen LogP contribution in [-0.4, -0.2) is 42.8 Å². The Morgan fingerprint density at radius 2 is 1.84 bits per heavy atom. The van der Waals surface area contributed by atoms with Gasteiger partial charge >= 0.3 is 0 Å². The number of hydrogen-bond acceptors (Lipinski definition) is 6. The number of piperidine rings is 1. The number of likely N-dealkylation sites (tertiary alicyclic amines) is 1. The molecule has 0 spiro atoms. The Morgan fingerprint density at radius 1 is 0.960 bits per heavy atom. The number of benzene rings is 1. The maximum absolute atomic E-state index is 4.74. The van der Waals surface area contributed by atoms with E-state index in [0.717, 1.165) is 52.0 Å². The van der Waals surface area contributed by atoms with Crippen LogP contribution in [0.1, 0.15) is 25.1 Å². The van der Waals surface area contributed by atoms with Crippen molar-refractivity contribution < 1.29 is 0 Å². The van der Waals surface area contributed by atoms with E-state index in [-0.39, 0.29) is 0 Å². The summed E-state index contributed by atoms with van der Waals surface area (Å²) in [5.41, 5.74) is 1.87. The van der Waals surface area contributed by atoms with E-state index in [1.54, 1.807) is 0 Å². The van der Waals surface area contributed by atoms with Gasteiger partial charge in [-0.15, -0.1) is 10.2 Å². The van der Waals surface area contributed by atoms with Gasteiger partial charge in [-0.25, -0.2) is 4.98 Å². The molecule has 7 heteroatoms. The maximum Gasteiger partial charge on any atom is 0.235 e. The van der Waals surface area contributed by atoms with Gasteiger partial charge in [0.25, 0.3) is 0 Å². The molecule has 0 aliphatic carbocycles. The number of para-hydroxylation sites is 1. The molecule has 1 fully saturated rings. The van der Waals surface area contributed by atoms with E-state index in [0.29, 0.717) is 0 Å². The fourth-order valence-corrected chi connectivity index (χ4v) is 4.19. The van der Waals surface area contributed by atoms with Crippen LogP contribution in [0.4, 0.5) is 0 Å². The van der Waals surface area contributed by atoms with Crippen LogP contribution in [0.25, 0.3) is 26.6 Å². The van der Waals surface area contributed by atoms with Gasteiger partial charge in [-0.3, -0.25) is 4.90 Å². The monoisotopic (exact) mass is 350 g/mol. The standard InChI is InChI=1S/C18H18N6S/c1-4-10-23(11-5-1)12-16-20-21-18-24(16)22-17(25-18)15-9-8-13-6-2-3-7-14(13)19-15/h2-3,6-9H,1,4-5,10-12H2. The second kappa shape index (κ2) is 6.16. The molecule has 5 rings (SSSR count). The number of rotatable bonds is 3.